The molecule has 0 N–H and O–H groups in total. The van der Waals surface area contributed by atoms with Gasteiger partial charge in [0.2, 0.25) is 0 Å². The first-order valence-electron chi connectivity index (χ1n) is 7.77. The summed E-state index contributed by atoms with van der Waals surface area (Å²) in [6.45, 7) is 1.84. The van der Waals surface area contributed by atoms with E-state index in [9.17, 15) is 16.8 Å². The van der Waals surface area contributed by atoms with Crippen LogP contribution in [-0.2, 0) is 20.0 Å². The summed E-state index contributed by atoms with van der Waals surface area (Å²) < 4.78 is 55.5. The van der Waals surface area contributed by atoms with Crippen LogP contribution < -0.4 is 5.49 Å². The van der Waals surface area contributed by atoms with Gasteiger partial charge in [0.25, 0.3) is 20.0 Å². The lowest BCUT2D eigenvalue weighted by Gasteiger charge is -2.09. The fourth-order valence-corrected chi connectivity index (χ4v) is 4.74. The second-order valence-electron chi connectivity index (χ2n) is 5.69. The highest BCUT2D eigenvalue weighted by atomic mass is 35.5. The van der Waals surface area contributed by atoms with Crippen molar-refractivity contribution in [2.24, 2.45) is 4.40 Å². The molecule has 1 heterocycles. The minimum absolute atomic E-state index is 0.0321. The molecule has 3 rings (SSSR count). The van der Waals surface area contributed by atoms with Gasteiger partial charge >= 0.3 is 0 Å². The summed E-state index contributed by atoms with van der Waals surface area (Å²) in [5.74, 6) is 0. The molecule has 0 atom stereocenters. The van der Waals surface area contributed by atoms with Crippen LogP contribution in [0.15, 0.2) is 87.1 Å². The molecule has 27 heavy (non-hydrogen) atoms. The molecule has 0 aliphatic heterocycles. The number of nitrogens with zero attached hydrogens (tertiary/aromatic N) is 2. The summed E-state index contributed by atoms with van der Waals surface area (Å²) in [6.07, 6.45) is 1.26. The Kier molecular flexibility index (Phi) is 5.23. The van der Waals surface area contributed by atoms with E-state index in [0.717, 1.165) is 9.54 Å². The SMILES string of the molecule is Cc1ccc(S(=O)(=O)n2ccccc2=NS(=O)(=O)c2ccc(Cl)cc2)cc1. The zero-order valence-corrected chi connectivity index (χ0v) is 16.5. The first-order chi connectivity index (χ1) is 12.7. The van der Waals surface area contributed by atoms with Crippen molar-refractivity contribution >= 4 is 31.6 Å². The van der Waals surface area contributed by atoms with E-state index in [1.54, 1.807) is 12.1 Å². The van der Waals surface area contributed by atoms with Gasteiger partial charge in [-0.1, -0.05) is 35.4 Å². The number of hydrogen-bond donors (Lipinski definition) is 0. The van der Waals surface area contributed by atoms with E-state index in [2.05, 4.69) is 4.40 Å². The van der Waals surface area contributed by atoms with Gasteiger partial charge in [-0.15, -0.1) is 4.40 Å². The summed E-state index contributed by atoms with van der Waals surface area (Å²) in [5.41, 5.74) is 0.676. The van der Waals surface area contributed by atoms with Crippen molar-refractivity contribution in [1.29, 1.82) is 0 Å². The Hall–Kier alpha value is -2.42. The predicted molar refractivity (Wildman–Crippen MR) is 102 cm³/mol. The summed E-state index contributed by atoms with van der Waals surface area (Å²) >= 11 is 5.78. The van der Waals surface area contributed by atoms with Crippen LogP contribution in [0.25, 0.3) is 0 Å². The molecule has 0 saturated heterocycles. The summed E-state index contributed by atoms with van der Waals surface area (Å²) in [7, 11) is -8.13. The number of halogens is 1. The lowest BCUT2D eigenvalue weighted by molar-refractivity contribution is 0.584. The van der Waals surface area contributed by atoms with E-state index in [0.29, 0.717) is 5.02 Å². The second-order valence-corrected chi connectivity index (χ2v) is 9.55. The van der Waals surface area contributed by atoms with Gasteiger partial charge in [0.05, 0.1) is 9.79 Å². The molecule has 0 bridgehead atoms. The molecule has 0 saturated carbocycles. The number of hydrogen-bond acceptors (Lipinski definition) is 4. The van der Waals surface area contributed by atoms with Gasteiger partial charge in [0, 0.05) is 11.2 Å². The van der Waals surface area contributed by atoms with Gasteiger partial charge in [-0.25, -0.2) is 12.4 Å². The average molecular weight is 423 g/mol. The van der Waals surface area contributed by atoms with Crippen molar-refractivity contribution in [3.63, 3.8) is 0 Å². The van der Waals surface area contributed by atoms with Gasteiger partial charge in [0.15, 0.2) is 5.49 Å². The number of benzene rings is 2. The Labute approximate surface area is 162 Å². The summed E-state index contributed by atoms with van der Waals surface area (Å²) in [6, 6.07) is 16.0. The highest BCUT2D eigenvalue weighted by Gasteiger charge is 2.19. The molecule has 9 heteroatoms. The third-order valence-electron chi connectivity index (χ3n) is 3.71. The monoisotopic (exact) mass is 422 g/mol. The predicted octanol–water partition coefficient (Wildman–Crippen LogP) is 2.98. The Morgan fingerprint density at radius 3 is 2.04 bits per heavy atom. The van der Waals surface area contributed by atoms with Crippen molar-refractivity contribution < 1.29 is 16.8 Å². The molecule has 0 unspecified atom stereocenters. The van der Waals surface area contributed by atoms with Crippen LogP contribution in [0, 0.1) is 6.92 Å². The maximum atomic E-state index is 12.9. The van der Waals surface area contributed by atoms with E-state index in [1.165, 1.54) is 60.8 Å². The molecular formula is C18H15ClN2O4S2. The van der Waals surface area contributed by atoms with Crippen molar-refractivity contribution in [3.05, 3.63) is 89.0 Å². The zero-order chi connectivity index (χ0) is 19.7. The third-order valence-corrected chi connectivity index (χ3v) is 6.95. The fourth-order valence-electron chi connectivity index (χ4n) is 2.30. The minimum Gasteiger partial charge on any atom is -0.224 e. The number of aryl methyl sites for hydroxylation is 1. The quantitative estimate of drug-likeness (QED) is 0.646. The van der Waals surface area contributed by atoms with Crippen molar-refractivity contribution in [2.75, 3.05) is 0 Å². The fraction of sp³-hybridized carbons (Fsp3) is 0.0556. The smallest absolute Gasteiger partial charge is 0.224 e. The maximum Gasteiger partial charge on any atom is 0.284 e. The van der Waals surface area contributed by atoms with Crippen LogP contribution in [0.3, 0.4) is 0 Å². The third kappa shape index (κ3) is 4.13. The summed E-state index contributed by atoms with van der Waals surface area (Å²) in [4.78, 5) is -0.0559. The lowest BCUT2D eigenvalue weighted by Crippen LogP contribution is -2.28. The molecule has 0 aliphatic carbocycles. The largest absolute Gasteiger partial charge is 0.284 e. The molecule has 0 spiro atoms. The summed E-state index contributed by atoms with van der Waals surface area (Å²) in [5, 5.41) is 0.380. The van der Waals surface area contributed by atoms with E-state index in [1.807, 2.05) is 6.92 Å². The highest BCUT2D eigenvalue weighted by Crippen LogP contribution is 2.16. The Morgan fingerprint density at radius 1 is 0.815 bits per heavy atom. The zero-order valence-electron chi connectivity index (χ0n) is 14.2. The van der Waals surface area contributed by atoms with Gasteiger partial charge in [0.1, 0.15) is 0 Å². The van der Waals surface area contributed by atoms with Gasteiger partial charge in [-0.3, -0.25) is 0 Å². The van der Waals surface area contributed by atoms with E-state index >= 15 is 0 Å². The molecule has 1 aromatic heterocycles. The molecule has 0 fully saturated rings. The van der Waals surface area contributed by atoms with E-state index < -0.39 is 20.0 Å². The number of pyridine rings is 1. The number of rotatable bonds is 4. The van der Waals surface area contributed by atoms with Crippen LogP contribution >= 0.6 is 11.6 Å². The van der Waals surface area contributed by atoms with Crippen LogP contribution in [-0.4, -0.2) is 20.8 Å². The topological polar surface area (TPSA) is 85.6 Å². The first kappa shape index (κ1) is 19.3. The maximum absolute atomic E-state index is 12.9. The Balaban J connectivity index is 2.18. The van der Waals surface area contributed by atoms with Gasteiger partial charge < -0.3 is 0 Å². The molecule has 0 aliphatic rings. The van der Waals surface area contributed by atoms with E-state index in [-0.39, 0.29) is 15.3 Å². The lowest BCUT2D eigenvalue weighted by atomic mass is 10.2. The Bertz CT molecular complexity index is 1250. The standard InChI is InChI=1S/C18H15ClN2O4S2/c1-14-5-9-17(10-6-14)27(24,25)21-13-3-2-4-18(21)20-26(22,23)16-11-7-15(19)8-12-16/h2-13H,1H3. The van der Waals surface area contributed by atoms with Crippen LogP contribution in [0.1, 0.15) is 5.56 Å². The molecule has 6 nitrogen and oxygen atoms in total. The molecule has 3 aromatic rings. The molecular weight excluding hydrogens is 408 g/mol. The molecule has 0 radical (unpaired) electrons. The highest BCUT2D eigenvalue weighted by molar-refractivity contribution is 7.90. The van der Waals surface area contributed by atoms with Crippen LogP contribution in [0.5, 0.6) is 0 Å². The van der Waals surface area contributed by atoms with Gasteiger partial charge in [-0.2, -0.15) is 8.42 Å². The second kappa shape index (κ2) is 7.30. The molecule has 0 amide bonds. The van der Waals surface area contributed by atoms with Gasteiger partial charge in [-0.05, 0) is 55.5 Å². The number of aromatic nitrogens is 1. The Morgan fingerprint density at radius 2 is 1.41 bits per heavy atom. The first-order valence-corrected chi connectivity index (χ1v) is 11.0. The molecule has 140 valence electrons. The van der Waals surface area contributed by atoms with Crippen LogP contribution in [0.2, 0.25) is 5.02 Å². The minimum atomic E-state index is -4.12. The van der Waals surface area contributed by atoms with Crippen molar-refractivity contribution in [1.82, 2.24) is 3.97 Å². The van der Waals surface area contributed by atoms with Crippen LogP contribution in [0.4, 0.5) is 0 Å². The normalized spacial score (nSPS) is 12.9. The van der Waals surface area contributed by atoms with E-state index in [4.69, 9.17) is 11.6 Å². The van der Waals surface area contributed by atoms with Crippen molar-refractivity contribution in [3.8, 4) is 0 Å². The van der Waals surface area contributed by atoms with Crippen molar-refractivity contribution in [2.45, 2.75) is 16.7 Å². The average Bonchev–Trinajstić information content (AvgIpc) is 2.62. The number of sulfonamides is 1. The molecule has 2 aromatic carbocycles.